The lowest BCUT2D eigenvalue weighted by atomic mass is 10.0. The van der Waals surface area contributed by atoms with Crippen molar-refractivity contribution in [3.8, 4) is 0 Å². The molecule has 1 aliphatic rings. The van der Waals surface area contributed by atoms with Crippen LogP contribution in [0.25, 0.3) is 11.0 Å². The molecule has 0 radical (unpaired) electrons. The van der Waals surface area contributed by atoms with Crippen molar-refractivity contribution in [2.75, 3.05) is 31.2 Å². The van der Waals surface area contributed by atoms with Gasteiger partial charge in [-0.15, -0.1) is 0 Å². The first-order chi connectivity index (χ1) is 14.5. The average Bonchev–Trinajstić information content (AvgIpc) is 2.70. The third-order valence-electron chi connectivity index (χ3n) is 5.68. The number of anilines is 2. The number of fused-ring (bicyclic) bond motifs is 1. The van der Waals surface area contributed by atoms with Gasteiger partial charge in [-0.2, -0.15) is 9.97 Å². The van der Waals surface area contributed by atoms with Gasteiger partial charge in [0.1, 0.15) is 5.82 Å². The highest BCUT2D eigenvalue weighted by Crippen LogP contribution is 2.24. The maximum absolute atomic E-state index is 6.20. The molecule has 0 spiro atoms. The van der Waals surface area contributed by atoms with E-state index in [2.05, 4.69) is 49.4 Å². The van der Waals surface area contributed by atoms with E-state index in [1.807, 2.05) is 19.9 Å². The summed E-state index contributed by atoms with van der Waals surface area (Å²) < 4.78 is 5.18. The molecule has 0 unspecified atom stereocenters. The Morgan fingerprint density at radius 3 is 2.47 bits per heavy atom. The zero-order chi connectivity index (χ0) is 21.1. The quantitative estimate of drug-likeness (QED) is 0.648. The second-order valence-corrected chi connectivity index (χ2v) is 8.16. The van der Waals surface area contributed by atoms with Crippen LogP contribution in [0.1, 0.15) is 35.2 Å². The van der Waals surface area contributed by atoms with E-state index in [1.165, 1.54) is 11.1 Å². The largest absolute Gasteiger partial charge is 0.383 e. The van der Waals surface area contributed by atoms with E-state index < -0.39 is 0 Å². The number of benzene rings is 1. The summed E-state index contributed by atoms with van der Waals surface area (Å²) in [4.78, 5) is 16.1. The Labute approximate surface area is 177 Å². The van der Waals surface area contributed by atoms with Crippen LogP contribution >= 0.6 is 0 Å². The summed E-state index contributed by atoms with van der Waals surface area (Å²) in [6, 6.07) is 11.0. The van der Waals surface area contributed by atoms with Gasteiger partial charge in [0.2, 0.25) is 5.95 Å². The number of piperidine rings is 1. The van der Waals surface area contributed by atoms with Gasteiger partial charge < -0.3 is 15.8 Å². The van der Waals surface area contributed by atoms with Crippen LogP contribution in [0.5, 0.6) is 0 Å². The number of aromatic nitrogens is 3. The first-order valence-corrected chi connectivity index (χ1v) is 10.5. The minimum Gasteiger partial charge on any atom is -0.383 e. The number of nitrogens with zero attached hydrogens (tertiary/aromatic N) is 4. The van der Waals surface area contributed by atoms with E-state index in [9.17, 15) is 0 Å². The molecule has 158 valence electrons. The molecule has 3 heterocycles. The number of hydrogen-bond acceptors (Lipinski definition) is 7. The van der Waals surface area contributed by atoms with Gasteiger partial charge in [0.05, 0.1) is 12.0 Å². The number of rotatable bonds is 6. The van der Waals surface area contributed by atoms with Gasteiger partial charge in [-0.25, -0.2) is 4.98 Å². The van der Waals surface area contributed by atoms with Gasteiger partial charge in [0, 0.05) is 38.5 Å². The van der Waals surface area contributed by atoms with E-state index in [-0.39, 0.29) is 0 Å². The molecule has 30 heavy (non-hydrogen) atoms. The number of ether oxygens (including phenoxy) is 1. The second kappa shape index (κ2) is 8.93. The summed E-state index contributed by atoms with van der Waals surface area (Å²) in [6.07, 6.45) is 2.09. The molecule has 1 saturated heterocycles. The van der Waals surface area contributed by atoms with Crippen molar-refractivity contribution in [3.63, 3.8) is 0 Å². The number of likely N-dealkylation sites (tertiary alicyclic amines) is 1. The highest BCUT2D eigenvalue weighted by Gasteiger charge is 2.20. The van der Waals surface area contributed by atoms with Crippen molar-refractivity contribution in [1.29, 1.82) is 0 Å². The molecule has 0 atom stereocenters. The molecule has 0 aliphatic carbocycles. The van der Waals surface area contributed by atoms with Gasteiger partial charge in [0.25, 0.3) is 0 Å². The number of nitrogen functional groups attached to an aromatic ring is 1. The Balaban J connectivity index is 1.35. The van der Waals surface area contributed by atoms with Crippen molar-refractivity contribution in [3.05, 3.63) is 52.7 Å². The normalized spacial score (nSPS) is 15.6. The summed E-state index contributed by atoms with van der Waals surface area (Å²) >= 11 is 0. The Bertz CT molecular complexity index is 1010. The van der Waals surface area contributed by atoms with Crippen LogP contribution in [0.4, 0.5) is 11.8 Å². The van der Waals surface area contributed by atoms with Gasteiger partial charge in [-0.1, -0.05) is 24.3 Å². The van der Waals surface area contributed by atoms with Crippen LogP contribution in [0.3, 0.4) is 0 Å². The topological polar surface area (TPSA) is 89.2 Å². The molecule has 0 saturated carbocycles. The molecule has 0 amide bonds. The van der Waals surface area contributed by atoms with E-state index in [0.717, 1.165) is 49.1 Å². The molecular formula is C23H30N6O. The van der Waals surface area contributed by atoms with Crippen LogP contribution in [0.2, 0.25) is 0 Å². The molecule has 1 aliphatic heterocycles. The van der Waals surface area contributed by atoms with Crippen LogP contribution < -0.4 is 11.1 Å². The number of aryl methyl sites for hydroxylation is 2. The van der Waals surface area contributed by atoms with E-state index in [1.54, 1.807) is 7.11 Å². The summed E-state index contributed by atoms with van der Waals surface area (Å²) in [5.74, 6) is 1.06. The van der Waals surface area contributed by atoms with E-state index in [4.69, 9.17) is 10.5 Å². The fourth-order valence-electron chi connectivity index (χ4n) is 4.16. The molecule has 0 bridgehead atoms. The van der Waals surface area contributed by atoms with Crippen molar-refractivity contribution < 1.29 is 4.74 Å². The summed E-state index contributed by atoms with van der Waals surface area (Å²) in [5.41, 5.74) is 11.4. The number of hydrogen-bond donors (Lipinski definition) is 2. The van der Waals surface area contributed by atoms with Crippen molar-refractivity contribution in [2.24, 2.45) is 0 Å². The first kappa shape index (κ1) is 20.5. The molecule has 1 aromatic carbocycles. The van der Waals surface area contributed by atoms with Crippen LogP contribution in [-0.2, 0) is 17.9 Å². The predicted molar refractivity (Wildman–Crippen MR) is 120 cm³/mol. The van der Waals surface area contributed by atoms with Crippen molar-refractivity contribution in [2.45, 2.75) is 45.9 Å². The van der Waals surface area contributed by atoms with E-state index >= 15 is 0 Å². The van der Waals surface area contributed by atoms with Crippen LogP contribution in [0, 0.1) is 13.8 Å². The lowest BCUT2D eigenvalue weighted by Gasteiger charge is -2.32. The van der Waals surface area contributed by atoms with E-state index in [0.29, 0.717) is 30.1 Å². The maximum Gasteiger partial charge on any atom is 0.226 e. The molecular weight excluding hydrogens is 376 g/mol. The fourth-order valence-corrected chi connectivity index (χ4v) is 4.16. The molecule has 3 N–H and O–H groups in total. The molecule has 7 heteroatoms. The summed E-state index contributed by atoms with van der Waals surface area (Å²) in [6.45, 7) is 7.70. The fraction of sp³-hybridized carbons (Fsp3) is 0.435. The third kappa shape index (κ3) is 4.68. The average molecular weight is 407 g/mol. The Hall–Kier alpha value is -2.77. The zero-order valence-electron chi connectivity index (χ0n) is 18.0. The SMILES string of the molecule is COCc1ccc(CN2CCC(Nc3nc(N)c4c(C)cc(C)nc4n3)CC2)cc1. The number of nitrogens with one attached hydrogen (secondary N) is 1. The Morgan fingerprint density at radius 2 is 1.77 bits per heavy atom. The standard InChI is InChI=1S/C23H30N6O/c1-15-12-16(2)25-22-20(15)21(24)27-23(28-22)26-19-8-10-29(11-9-19)13-17-4-6-18(7-5-17)14-30-3/h4-7,12,19H,8-11,13-14H2,1-3H3,(H3,24,25,26,27,28). The molecule has 4 rings (SSSR count). The number of nitrogens with two attached hydrogens (primary N) is 1. The summed E-state index contributed by atoms with van der Waals surface area (Å²) in [7, 11) is 1.72. The number of methoxy groups -OCH3 is 1. The minimum absolute atomic E-state index is 0.341. The smallest absolute Gasteiger partial charge is 0.226 e. The highest BCUT2D eigenvalue weighted by molar-refractivity contribution is 5.89. The zero-order valence-corrected chi connectivity index (χ0v) is 18.0. The first-order valence-electron chi connectivity index (χ1n) is 10.5. The molecule has 1 fully saturated rings. The van der Waals surface area contributed by atoms with Crippen LogP contribution in [0.15, 0.2) is 30.3 Å². The third-order valence-corrected chi connectivity index (χ3v) is 5.68. The van der Waals surface area contributed by atoms with Gasteiger partial charge >= 0.3 is 0 Å². The Kier molecular flexibility index (Phi) is 6.11. The lowest BCUT2D eigenvalue weighted by molar-refractivity contribution is 0.185. The Morgan fingerprint density at radius 1 is 1.07 bits per heavy atom. The van der Waals surface area contributed by atoms with Crippen LogP contribution in [-0.4, -0.2) is 46.1 Å². The highest BCUT2D eigenvalue weighted by atomic mass is 16.5. The van der Waals surface area contributed by atoms with Gasteiger partial charge in [0.15, 0.2) is 5.65 Å². The maximum atomic E-state index is 6.20. The second-order valence-electron chi connectivity index (χ2n) is 8.16. The van der Waals surface area contributed by atoms with Gasteiger partial charge in [-0.3, -0.25) is 4.90 Å². The van der Waals surface area contributed by atoms with Gasteiger partial charge in [-0.05, 0) is 49.4 Å². The van der Waals surface area contributed by atoms with Crippen molar-refractivity contribution in [1.82, 2.24) is 19.9 Å². The summed E-state index contributed by atoms with van der Waals surface area (Å²) in [5, 5.41) is 4.32. The molecule has 7 nitrogen and oxygen atoms in total. The van der Waals surface area contributed by atoms with Crippen molar-refractivity contribution >= 4 is 22.8 Å². The molecule has 2 aromatic heterocycles. The molecule has 3 aromatic rings. The minimum atomic E-state index is 0.341. The predicted octanol–water partition coefficient (Wildman–Crippen LogP) is 3.45. The lowest BCUT2D eigenvalue weighted by Crippen LogP contribution is -2.39. The monoisotopic (exact) mass is 406 g/mol. The number of pyridine rings is 1.